The van der Waals surface area contributed by atoms with Crippen LogP contribution in [0.4, 0.5) is 0 Å². The molecule has 1 heterocycles. The Bertz CT molecular complexity index is 565. The minimum Gasteiger partial charge on any atom is -0.548 e. The van der Waals surface area contributed by atoms with Gasteiger partial charge in [-0.15, -0.1) is 0 Å². The molecule has 0 saturated carbocycles. The molecule has 0 N–H and O–H groups in total. The van der Waals surface area contributed by atoms with Crippen molar-refractivity contribution in [1.29, 1.82) is 0 Å². The maximum Gasteiger partial charge on any atom is 0.241 e. The van der Waals surface area contributed by atoms with Gasteiger partial charge in [0.2, 0.25) is 8.32 Å². The molecule has 0 bridgehead atoms. The third-order valence-electron chi connectivity index (χ3n) is 4.03. The van der Waals surface area contributed by atoms with Crippen LogP contribution in [0.3, 0.4) is 0 Å². The van der Waals surface area contributed by atoms with Crippen LogP contribution in [-0.2, 0) is 25.2 Å². The van der Waals surface area contributed by atoms with Gasteiger partial charge < -0.3 is 18.6 Å². The summed E-state index contributed by atoms with van der Waals surface area (Å²) in [6.07, 6.45) is 2.61. The summed E-state index contributed by atoms with van der Waals surface area (Å²) in [5, 5.41) is 0. The first-order valence-corrected chi connectivity index (χ1v) is 12.9. The van der Waals surface area contributed by atoms with Gasteiger partial charge in [-0.05, 0) is 45.5 Å². The van der Waals surface area contributed by atoms with Gasteiger partial charge in [0.25, 0.3) is 0 Å². The van der Waals surface area contributed by atoms with Crippen LogP contribution in [0.25, 0.3) is 0 Å². The van der Waals surface area contributed by atoms with Crippen molar-refractivity contribution in [3.63, 3.8) is 0 Å². The highest BCUT2D eigenvalue weighted by Crippen LogP contribution is 2.31. The summed E-state index contributed by atoms with van der Waals surface area (Å²) in [5.41, 5.74) is 1.19. The molecule has 0 radical (unpaired) electrons. The molecule has 1 aliphatic heterocycles. The Hall–Kier alpha value is -1.14. The van der Waals surface area contributed by atoms with Gasteiger partial charge in [0.05, 0.1) is 24.6 Å². The van der Waals surface area contributed by atoms with Crippen LogP contribution in [0.15, 0.2) is 42.7 Å². The monoisotopic (exact) mass is 378 g/mol. The molecule has 1 aromatic rings. The SMILES string of the molecule is C=C(C[C@@H]1C[C@@H](CCOCc2ccccc2)OC(C)(C)O1)O[Si](C)(C)C. The van der Waals surface area contributed by atoms with Crippen molar-refractivity contribution in [3.05, 3.63) is 48.2 Å². The molecule has 146 valence electrons. The molecule has 5 heteroatoms. The Morgan fingerprint density at radius 1 is 1.15 bits per heavy atom. The number of hydrogen-bond acceptors (Lipinski definition) is 4. The zero-order valence-electron chi connectivity index (χ0n) is 16.9. The van der Waals surface area contributed by atoms with Crippen molar-refractivity contribution in [2.75, 3.05) is 6.61 Å². The Morgan fingerprint density at radius 3 is 2.46 bits per heavy atom. The van der Waals surface area contributed by atoms with E-state index in [0.717, 1.165) is 25.0 Å². The highest BCUT2D eigenvalue weighted by molar-refractivity contribution is 6.70. The number of ether oxygens (including phenoxy) is 3. The summed E-state index contributed by atoms with van der Waals surface area (Å²) in [6, 6.07) is 10.2. The second kappa shape index (κ2) is 9.18. The van der Waals surface area contributed by atoms with Crippen molar-refractivity contribution < 1.29 is 18.6 Å². The van der Waals surface area contributed by atoms with Crippen LogP contribution in [0, 0.1) is 0 Å². The lowest BCUT2D eigenvalue weighted by Gasteiger charge is -2.41. The van der Waals surface area contributed by atoms with Gasteiger partial charge in [-0.3, -0.25) is 0 Å². The first-order valence-electron chi connectivity index (χ1n) is 9.47. The van der Waals surface area contributed by atoms with Gasteiger partial charge in [-0.25, -0.2) is 0 Å². The second-order valence-corrected chi connectivity index (χ2v) is 12.8. The van der Waals surface area contributed by atoms with Crippen LogP contribution in [0.2, 0.25) is 19.6 Å². The van der Waals surface area contributed by atoms with Crippen molar-refractivity contribution in [2.45, 2.75) is 77.4 Å². The Kier molecular flexibility index (Phi) is 7.47. The molecular weight excluding hydrogens is 344 g/mol. The van der Waals surface area contributed by atoms with E-state index < -0.39 is 14.1 Å². The smallest absolute Gasteiger partial charge is 0.241 e. The standard InChI is InChI=1S/C21H34O4Si/c1-17(25-26(4,5)6)14-20-15-19(23-21(2,3)24-20)12-13-22-16-18-10-8-7-9-11-18/h7-11,19-20H,1,12-16H2,2-6H3/t19-,20-/m1/s1. The minimum absolute atomic E-state index is 0.0710. The molecule has 1 aliphatic rings. The topological polar surface area (TPSA) is 36.9 Å². The van der Waals surface area contributed by atoms with Gasteiger partial charge >= 0.3 is 0 Å². The quantitative estimate of drug-likeness (QED) is 0.334. The minimum atomic E-state index is -1.62. The lowest BCUT2D eigenvalue weighted by molar-refractivity contribution is -0.301. The van der Waals surface area contributed by atoms with Gasteiger partial charge in [0.15, 0.2) is 5.79 Å². The first kappa shape index (κ1) is 21.2. The zero-order chi connectivity index (χ0) is 19.2. The molecule has 4 nitrogen and oxygen atoms in total. The molecule has 0 aliphatic carbocycles. The Balaban J connectivity index is 1.78. The van der Waals surface area contributed by atoms with Crippen molar-refractivity contribution in [3.8, 4) is 0 Å². The normalized spacial score (nSPS) is 22.8. The molecule has 2 atom stereocenters. The average Bonchev–Trinajstić information content (AvgIpc) is 2.49. The fourth-order valence-electron chi connectivity index (χ4n) is 3.23. The lowest BCUT2D eigenvalue weighted by Crippen LogP contribution is -2.45. The highest BCUT2D eigenvalue weighted by atomic mass is 28.4. The van der Waals surface area contributed by atoms with Crippen molar-refractivity contribution >= 4 is 8.32 Å². The van der Waals surface area contributed by atoms with E-state index in [1.54, 1.807) is 0 Å². The molecule has 1 fully saturated rings. The summed E-state index contributed by atoms with van der Waals surface area (Å²) < 4.78 is 24.0. The Morgan fingerprint density at radius 2 is 1.81 bits per heavy atom. The molecule has 1 aromatic carbocycles. The molecule has 26 heavy (non-hydrogen) atoms. The summed E-state index contributed by atoms with van der Waals surface area (Å²) >= 11 is 0. The summed E-state index contributed by atoms with van der Waals surface area (Å²) in [5.74, 6) is 0.234. The molecule has 0 unspecified atom stereocenters. The van der Waals surface area contributed by atoms with E-state index in [1.165, 1.54) is 5.56 Å². The molecular formula is C21H34O4Si. The van der Waals surface area contributed by atoms with Gasteiger partial charge in [-0.2, -0.15) is 0 Å². The number of rotatable bonds is 9. The first-order chi connectivity index (χ1) is 12.1. The fraction of sp³-hybridized carbons (Fsp3) is 0.619. The van der Waals surface area contributed by atoms with E-state index in [9.17, 15) is 0 Å². The van der Waals surface area contributed by atoms with Crippen molar-refractivity contribution in [1.82, 2.24) is 0 Å². The molecule has 0 spiro atoms. The maximum atomic E-state index is 6.08. The fourth-order valence-corrected chi connectivity index (χ4v) is 4.18. The van der Waals surface area contributed by atoms with E-state index in [1.807, 2.05) is 32.0 Å². The third-order valence-corrected chi connectivity index (χ3v) is 4.93. The second-order valence-electron chi connectivity index (χ2n) is 8.40. The lowest BCUT2D eigenvalue weighted by atomic mass is 10.0. The predicted octanol–water partition coefficient (Wildman–Crippen LogP) is 5.26. The molecule has 0 aromatic heterocycles. The zero-order valence-corrected chi connectivity index (χ0v) is 17.9. The Labute approximate surface area is 159 Å². The highest BCUT2D eigenvalue weighted by Gasteiger charge is 2.36. The van der Waals surface area contributed by atoms with Gasteiger partial charge in [0, 0.05) is 19.4 Å². The van der Waals surface area contributed by atoms with E-state index >= 15 is 0 Å². The largest absolute Gasteiger partial charge is 0.548 e. The molecule has 0 amide bonds. The number of hydrogen-bond donors (Lipinski definition) is 0. The van der Waals surface area contributed by atoms with Gasteiger partial charge in [-0.1, -0.05) is 36.9 Å². The van der Waals surface area contributed by atoms with Crippen LogP contribution in [-0.4, -0.2) is 32.9 Å². The summed E-state index contributed by atoms with van der Waals surface area (Å²) in [7, 11) is -1.62. The average molecular weight is 379 g/mol. The number of benzene rings is 1. The predicted molar refractivity (Wildman–Crippen MR) is 107 cm³/mol. The summed E-state index contributed by atoms with van der Waals surface area (Å²) in [4.78, 5) is 0. The third kappa shape index (κ3) is 8.04. The molecule has 1 saturated heterocycles. The molecule has 2 rings (SSSR count). The van der Waals surface area contributed by atoms with Crippen LogP contribution < -0.4 is 0 Å². The van der Waals surface area contributed by atoms with Crippen LogP contribution in [0.1, 0.15) is 38.7 Å². The van der Waals surface area contributed by atoms with E-state index in [4.69, 9.17) is 18.6 Å². The van der Waals surface area contributed by atoms with Crippen LogP contribution >= 0.6 is 0 Å². The van der Waals surface area contributed by atoms with Crippen molar-refractivity contribution in [2.24, 2.45) is 0 Å². The van der Waals surface area contributed by atoms with Gasteiger partial charge in [0.1, 0.15) is 0 Å². The van der Waals surface area contributed by atoms with E-state index in [-0.39, 0.29) is 12.2 Å². The van der Waals surface area contributed by atoms with Crippen LogP contribution in [0.5, 0.6) is 0 Å². The van der Waals surface area contributed by atoms with E-state index in [0.29, 0.717) is 13.2 Å². The van der Waals surface area contributed by atoms with E-state index in [2.05, 4.69) is 38.4 Å². The summed E-state index contributed by atoms with van der Waals surface area (Å²) in [6.45, 7) is 15.8. The maximum absolute atomic E-state index is 6.08.